The highest BCUT2D eigenvalue weighted by Crippen LogP contribution is 2.46. The van der Waals surface area contributed by atoms with Gasteiger partial charge in [-0.25, -0.2) is 18.6 Å². The average Bonchev–Trinajstić information content (AvgIpc) is 3.39. The van der Waals surface area contributed by atoms with Crippen LogP contribution in [0.15, 0.2) is 104 Å². The Bertz CT molecular complexity index is 1930. The minimum Gasteiger partial charge on any atom is -0.422 e. The molecule has 0 atom stereocenters. The van der Waals surface area contributed by atoms with E-state index < -0.39 is 28.1 Å². The number of rotatable bonds is 5. The number of aromatic nitrogens is 2. The average molecular weight is 540 g/mol. The highest BCUT2D eigenvalue weighted by atomic mass is 32.2. The van der Waals surface area contributed by atoms with Crippen molar-refractivity contribution >= 4 is 38.3 Å². The zero-order valence-electron chi connectivity index (χ0n) is 20.6. The number of nitrogens with zero attached hydrogens (tertiary/aromatic N) is 3. The van der Waals surface area contributed by atoms with Gasteiger partial charge in [-0.3, -0.25) is 14.2 Å². The predicted molar refractivity (Wildman–Crippen MR) is 147 cm³/mol. The summed E-state index contributed by atoms with van der Waals surface area (Å²) in [7, 11) is -4.11. The van der Waals surface area contributed by atoms with Gasteiger partial charge in [-0.15, -0.1) is 0 Å². The molecule has 0 fully saturated rings. The summed E-state index contributed by atoms with van der Waals surface area (Å²) in [6.45, 7) is 0.989. The zero-order chi connectivity index (χ0) is 27.1. The number of fused-ring (bicyclic) bond motifs is 4. The summed E-state index contributed by atoms with van der Waals surface area (Å²) in [4.78, 5) is 25.6. The molecule has 0 unspecified atom stereocenters. The fourth-order valence-electron chi connectivity index (χ4n) is 4.55. The summed E-state index contributed by atoms with van der Waals surface area (Å²) in [6, 6.07) is 24.3. The van der Waals surface area contributed by atoms with E-state index in [0.29, 0.717) is 33.5 Å². The van der Waals surface area contributed by atoms with E-state index >= 15 is 0 Å². The van der Waals surface area contributed by atoms with Gasteiger partial charge in [0.25, 0.3) is 15.9 Å². The van der Waals surface area contributed by atoms with Gasteiger partial charge in [-0.1, -0.05) is 66.7 Å². The first-order chi connectivity index (χ1) is 18.8. The fourth-order valence-corrected chi connectivity index (χ4v) is 6.19. The van der Waals surface area contributed by atoms with Crippen molar-refractivity contribution < 1.29 is 17.6 Å². The van der Waals surface area contributed by atoms with Crippen LogP contribution < -0.4 is 15.4 Å². The number of para-hydroxylation sites is 1. The highest BCUT2D eigenvalue weighted by molar-refractivity contribution is 7.93. The minimum atomic E-state index is -4.11. The lowest BCUT2D eigenvalue weighted by molar-refractivity contribution is -0.119. The topological polar surface area (TPSA) is 138 Å². The first-order valence-electron chi connectivity index (χ1n) is 12.0. The molecule has 194 valence electrons. The van der Waals surface area contributed by atoms with Crippen LogP contribution in [0.3, 0.4) is 0 Å². The van der Waals surface area contributed by atoms with Crippen LogP contribution >= 0.6 is 0 Å². The van der Waals surface area contributed by atoms with Crippen molar-refractivity contribution in [1.82, 2.24) is 15.6 Å². The molecule has 2 N–H and O–H groups in total. The lowest BCUT2D eigenvalue weighted by atomic mass is 10.1. The number of sulfonamides is 1. The molecule has 0 spiro atoms. The second-order valence-corrected chi connectivity index (χ2v) is 10.7. The number of anilines is 1. The van der Waals surface area contributed by atoms with Crippen molar-refractivity contribution in [2.45, 2.75) is 11.8 Å². The molecule has 11 heteroatoms. The lowest BCUT2D eigenvalue weighted by Gasteiger charge is -2.29. The molecule has 0 saturated heterocycles. The van der Waals surface area contributed by atoms with Crippen LogP contribution in [0.25, 0.3) is 33.5 Å². The van der Waals surface area contributed by atoms with Gasteiger partial charge in [0.1, 0.15) is 23.5 Å². The number of nitrogens with one attached hydrogen (secondary N) is 2. The Morgan fingerprint density at radius 1 is 1.03 bits per heavy atom. The molecule has 0 aliphatic carbocycles. The number of hydrogen-bond donors (Lipinski definition) is 2. The molecule has 0 saturated carbocycles. The molecule has 0 bridgehead atoms. The molecule has 1 aliphatic rings. The Balaban J connectivity index is 1.35. The molecule has 3 aromatic carbocycles. The van der Waals surface area contributed by atoms with E-state index in [0.717, 1.165) is 4.31 Å². The van der Waals surface area contributed by atoms with Crippen LogP contribution in [-0.2, 0) is 14.8 Å². The third-order valence-electron chi connectivity index (χ3n) is 6.43. The number of aromatic amines is 1. The normalized spacial score (nSPS) is 14.1. The summed E-state index contributed by atoms with van der Waals surface area (Å²) in [5, 5.41) is 12.1. The van der Waals surface area contributed by atoms with Gasteiger partial charge >= 0.3 is 5.63 Å². The van der Waals surface area contributed by atoms with Gasteiger partial charge in [0.2, 0.25) is 0 Å². The second kappa shape index (κ2) is 9.37. The minimum absolute atomic E-state index is 0.0574. The van der Waals surface area contributed by atoms with Crippen LogP contribution in [0.5, 0.6) is 0 Å². The Morgan fingerprint density at radius 3 is 2.56 bits per heavy atom. The molecule has 5 aromatic rings. The van der Waals surface area contributed by atoms with E-state index in [4.69, 9.17) is 4.42 Å². The number of hydrazone groups is 1. The first kappa shape index (κ1) is 24.3. The summed E-state index contributed by atoms with van der Waals surface area (Å²) in [5.74, 6) is -0.700. The van der Waals surface area contributed by atoms with Gasteiger partial charge in [-0.2, -0.15) is 10.2 Å². The highest BCUT2D eigenvalue weighted by Gasteiger charge is 2.39. The van der Waals surface area contributed by atoms with E-state index in [-0.39, 0.29) is 21.9 Å². The summed E-state index contributed by atoms with van der Waals surface area (Å²) in [6.07, 6.45) is 0. The standard InChI is InChI=1S/C28H21N5O5S/c1-17(21-15-19-11-5-7-13-22(19)38-28(21)35)29-30-24(34)16-33-27-25(18-9-3-2-4-10-18)31-32-26(27)20-12-6-8-14-23(20)39(33,36)37/h2-15H,16H2,1H3,(H,30,34)(H,31,32)/b29-17+. The Labute approximate surface area is 222 Å². The number of carbonyl (C=O) groups excluding carboxylic acids is 1. The largest absolute Gasteiger partial charge is 0.422 e. The molecule has 0 radical (unpaired) electrons. The molecule has 3 heterocycles. The van der Waals surface area contributed by atoms with Crippen LogP contribution in [0.2, 0.25) is 0 Å². The molecule has 1 aliphatic heterocycles. The van der Waals surface area contributed by atoms with Crippen molar-refractivity contribution in [2.24, 2.45) is 5.10 Å². The van der Waals surface area contributed by atoms with Gasteiger partial charge in [0, 0.05) is 16.5 Å². The van der Waals surface area contributed by atoms with Crippen molar-refractivity contribution in [3.63, 3.8) is 0 Å². The van der Waals surface area contributed by atoms with Crippen molar-refractivity contribution in [1.29, 1.82) is 0 Å². The lowest BCUT2D eigenvalue weighted by Crippen LogP contribution is -2.41. The third-order valence-corrected chi connectivity index (χ3v) is 8.23. The van der Waals surface area contributed by atoms with E-state index in [1.54, 1.807) is 49.4 Å². The van der Waals surface area contributed by atoms with Crippen LogP contribution in [0.4, 0.5) is 5.69 Å². The molecular formula is C28H21N5O5S. The maximum absolute atomic E-state index is 13.7. The van der Waals surface area contributed by atoms with Crippen LogP contribution in [-0.4, -0.2) is 36.8 Å². The van der Waals surface area contributed by atoms with Gasteiger partial charge in [0.05, 0.1) is 21.9 Å². The molecule has 1 amide bonds. The molecular weight excluding hydrogens is 518 g/mol. The number of carbonyl (C=O) groups is 1. The van der Waals surface area contributed by atoms with E-state index in [9.17, 15) is 18.0 Å². The first-order valence-corrected chi connectivity index (χ1v) is 13.4. The molecule has 6 rings (SSSR count). The van der Waals surface area contributed by atoms with E-state index in [1.165, 1.54) is 6.07 Å². The third kappa shape index (κ3) is 4.18. The smallest absolute Gasteiger partial charge is 0.345 e. The Morgan fingerprint density at radius 2 is 1.74 bits per heavy atom. The van der Waals surface area contributed by atoms with Crippen molar-refractivity contribution in [3.8, 4) is 22.5 Å². The number of H-pyrrole nitrogens is 1. The number of benzene rings is 3. The van der Waals surface area contributed by atoms with E-state index in [1.807, 2.05) is 36.4 Å². The predicted octanol–water partition coefficient (Wildman–Crippen LogP) is 3.90. The quantitative estimate of drug-likeness (QED) is 0.197. The zero-order valence-corrected chi connectivity index (χ0v) is 21.4. The van der Waals surface area contributed by atoms with Crippen LogP contribution in [0, 0.1) is 0 Å². The Hall–Kier alpha value is -5.03. The summed E-state index contributed by atoms with van der Waals surface area (Å²) >= 11 is 0. The summed E-state index contributed by atoms with van der Waals surface area (Å²) in [5.41, 5.74) is 4.91. The maximum atomic E-state index is 13.7. The van der Waals surface area contributed by atoms with Gasteiger partial charge < -0.3 is 4.42 Å². The van der Waals surface area contributed by atoms with Crippen molar-refractivity contribution in [2.75, 3.05) is 10.8 Å². The van der Waals surface area contributed by atoms with Gasteiger partial charge in [-0.05, 0) is 25.1 Å². The molecule has 39 heavy (non-hydrogen) atoms. The van der Waals surface area contributed by atoms with Crippen LogP contribution in [0.1, 0.15) is 12.5 Å². The maximum Gasteiger partial charge on any atom is 0.345 e. The summed E-state index contributed by atoms with van der Waals surface area (Å²) < 4.78 is 33.8. The second-order valence-electron chi connectivity index (χ2n) is 8.89. The SMILES string of the molecule is C/C(=N\NC(=O)CN1c2c(-c3ccccc3)n[nH]c2-c2ccccc2S1(=O)=O)c1cc2ccccc2oc1=O. The number of amides is 1. The number of hydrogen-bond acceptors (Lipinski definition) is 7. The van der Waals surface area contributed by atoms with E-state index in [2.05, 4.69) is 20.7 Å². The monoisotopic (exact) mass is 539 g/mol. The fraction of sp³-hybridized carbons (Fsp3) is 0.0714. The molecule has 10 nitrogen and oxygen atoms in total. The van der Waals surface area contributed by atoms with Gasteiger partial charge in [0.15, 0.2) is 0 Å². The molecule has 2 aromatic heterocycles. The van der Waals surface area contributed by atoms with Crippen molar-refractivity contribution in [3.05, 3.63) is 101 Å². The Kier molecular flexibility index (Phi) is 5.84.